The lowest BCUT2D eigenvalue weighted by molar-refractivity contribution is 0.813. The summed E-state index contributed by atoms with van der Waals surface area (Å²) in [4.78, 5) is 4.45. The summed E-state index contributed by atoms with van der Waals surface area (Å²) in [7, 11) is 0. The lowest BCUT2D eigenvalue weighted by Crippen LogP contribution is -2.35. The fraction of sp³-hybridized carbons (Fsp3) is 0.312. The fourth-order valence-corrected chi connectivity index (χ4v) is 2.95. The molecule has 17 heavy (non-hydrogen) atoms. The van der Waals surface area contributed by atoms with Gasteiger partial charge in [0.1, 0.15) is 0 Å². The van der Waals surface area contributed by atoms with Crippen LogP contribution < -0.4 is 10.6 Å². The van der Waals surface area contributed by atoms with Crippen LogP contribution in [0.3, 0.4) is 0 Å². The summed E-state index contributed by atoms with van der Waals surface area (Å²) in [6, 6.07) is 4.22. The molecular weight excluding hydrogens is 206 g/mol. The van der Waals surface area contributed by atoms with Crippen LogP contribution in [0.1, 0.15) is 20.3 Å². The summed E-state index contributed by atoms with van der Waals surface area (Å²) >= 11 is 0. The van der Waals surface area contributed by atoms with E-state index in [1.807, 2.05) is 26.1 Å². The second kappa shape index (κ2) is 3.69. The smallest absolute Gasteiger partial charge is 0.0668 e. The zero-order valence-electron chi connectivity index (χ0n) is 10.4. The van der Waals surface area contributed by atoms with Gasteiger partial charge in [-0.15, -0.1) is 0 Å². The van der Waals surface area contributed by atoms with Gasteiger partial charge < -0.3 is 0 Å². The molecule has 1 heteroatoms. The van der Waals surface area contributed by atoms with Gasteiger partial charge >= 0.3 is 0 Å². The van der Waals surface area contributed by atoms with Gasteiger partial charge in [-0.2, -0.15) is 0 Å². The van der Waals surface area contributed by atoms with Crippen molar-refractivity contribution in [3.63, 3.8) is 0 Å². The lowest BCUT2D eigenvalue weighted by Gasteiger charge is -2.19. The first kappa shape index (κ1) is 10.5. The van der Waals surface area contributed by atoms with Crippen LogP contribution in [0.4, 0.5) is 0 Å². The topological polar surface area (TPSA) is 12.9 Å². The molecule has 1 heterocycles. The fourth-order valence-electron chi connectivity index (χ4n) is 2.95. The highest BCUT2D eigenvalue weighted by atomic mass is 14.7. The van der Waals surface area contributed by atoms with Crippen molar-refractivity contribution in [1.29, 1.82) is 0 Å². The second-order valence-electron chi connectivity index (χ2n) is 4.59. The number of pyridine rings is 1. The van der Waals surface area contributed by atoms with Gasteiger partial charge in [-0.3, -0.25) is 4.98 Å². The zero-order valence-corrected chi connectivity index (χ0v) is 10.4. The molecule has 1 saturated carbocycles. The van der Waals surface area contributed by atoms with E-state index in [2.05, 4.69) is 41.4 Å². The van der Waals surface area contributed by atoms with Crippen LogP contribution in [0.15, 0.2) is 42.6 Å². The summed E-state index contributed by atoms with van der Waals surface area (Å²) in [5.74, 6) is 0.691. The van der Waals surface area contributed by atoms with Gasteiger partial charge in [0.15, 0.2) is 0 Å². The molecule has 1 nitrogen and oxygen atoms in total. The van der Waals surface area contributed by atoms with Crippen LogP contribution in [0, 0.1) is 11.3 Å². The van der Waals surface area contributed by atoms with Crippen molar-refractivity contribution in [2.45, 2.75) is 20.3 Å². The van der Waals surface area contributed by atoms with E-state index in [4.69, 9.17) is 0 Å². The predicted molar refractivity (Wildman–Crippen MR) is 71.5 cm³/mol. The molecule has 86 valence electrons. The van der Waals surface area contributed by atoms with Crippen molar-refractivity contribution in [1.82, 2.24) is 4.98 Å². The molecule has 1 spiro atoms. The van der Waals surface area contributed by atoms with Gasteiger partial charge in [-0.25, -0.2) is 0 Å². The molecule has 0 radical (unpaired) electrons. The van der Waals surface area contributed by atoms with E-state index in [-0.39, 0.29) is 0 Å². The Bertz CT molecular complexity index is 621. The lowest BCUT2D eigenvalue weighted by atomic mass is 9.85. The third-order valence-corrected chi connectivity index (χ3v) is 3.82. The summed E-state index contributed by atoms with van der Waals surface area (Å²) in [6.07, 6.45) is 14.4. The van der Waals surface area contributed by atoms with Crippen LogP contribution >= 0.6 is 0 Å². The van der Waals surface area contributed by atoms with E-state index in [0.717, 1.165) is 0 Å². The molecule has 0 N–H and O–H groups in total. The van der Waals surface area contributed by atoms with E-state index in [0.29, 0.717) is 11.3 Å². The van der Waals surface area contributed by atoms with E-state index in [1.54, 1.807) is 0 Å². The molecule has 4 rings (SSSR count). The monoisotopic (exact) mass is 223 g/mol. The SMILES string of the molecule is C1=CC2=c3cccnc3=CC3CC23C=C1.CC. The molecule has 0 aromatic carbocycles. The van der Waals surface area contributed by atoms with Crippen LogP contribution in [0.2, 0.25) is 0 Å². The van der Waals surface area contributed by atoms with Gasteiger partial charge in [0, 0.05) is 16.8 Å². The van der Waals surface area contributed by atoms with E-state index in [1.165, 1.54) is 22.6 Å². The zero-order chi connectivity index (χ0) is 11.9. The normalized spacial score (nSPS) is 30.2. The Morgan fingerprint density at radius 1 is 1.29 bits per heavy atom. The first-order valence-electron chi connectivity index (χ1n) is 6.44. The molecule has 2 unspecified atom stereocenters. The number of fused-ring (bicyclic) bond motifs is 1. The number of hydrogen-bond donors (Lipinski definition) is 0. The second-order valence-corrected chi connectivity index (χ2v) is 4.59. The minimum Gasteiger partial charge on any atom is -0.257 e. The molecule has 2 atom stereocenters. The Hall–Kier alpha value is -1.63. The molecule has 0 saturated heterocycles. The van der Waals surface area contributed by atoms with Crippen LogP contribution in [-0.2, 0) is 0 Å². The summed E-state index contributed by atoms with van der Waals surface area (Å²) in [5, 5.41) is 2.50. The Morgan fingerprint density at radius 3 is 3.06 bits per heavy atom. The average molecular weight is 223 g/mol. The third kappa shape index (κ3) is 1.35. The highest BCUT2D eigenvalue weighted by molar-refractivity contribution is 5.76. The van der Waals surface area contributed by atoms with E-state index < -0.39 is 0 Å². The maximum absolute atomic E-state index is 4.45. The quantitative estimate of drug-likeness (QED) is 0.657. The van der Waals surface area contributed by atoms with Crippen LogP contribution in [0.25, 0.3) is 11.6 Å². The van der Waals surface area contributed by atoms with Gasteiger partial charge in [-0.1, -0.05) is 50.3 Å². The Morgan fingerprint density at radius 2 is 2.18 bits per heavy atom. The number of allylic oxidation sites excluding steroid dienone is 4. The van der Waals surface area contributed by atoms with Crippen molar-refractivity contribution >= 4 is 11.6 Å². The molecule has 0 bridgehead atoms. The molecular formula is C16H17N. The summed E-state index contributed by atoms with van der Waals surface area (Å²) in [5.41, 5.74) is 1.81. The predicted octanol–water partition coefficient (Wildman–Crippen LogP) is 2.18. The first-order chi connectivity index (χ1) is 8.40. The molecule has 0 aliphatic heterocycles. The minimum atomic E-state index is 0.338. The molecule has 3 aliphatic rings. The number of hydrogen-bond acceptors (Lipinski definition) is 1. The molecule has 3 aliphatic carbocycles. The molecule has 0 amide bonds. The van der Waals surface area contributed by atoms with Crippen molar-refractivity contribution < 1.29 is 0 Å². The van der Waals surface area contributed by atoms with Crippen LogP contribution in [0.5, 0.6) is 0 Å². The standard InChI is InChI=1S/C14H11N.C2H6/c1-2-6-14-9-10(14)8-13-11(12(14)5-1)4-3-7-15-13;1-2/h1-8,10H,9H2;1-2H3. The number of aromatic nitrogens is 1. The Kier molecular flexibility index (Phi) is 2.29. The largest absolute Gasteiger partial charge is 0.257 e. The number of rotatable bonds is 0. The van der Waals surface area contributed by atoms with Crippen molar-refractivity contribution in [3.8, 4) is 0 Å². The summed E-state index contributed by atoms with van der Waals surface area (Å²) < 4.78 is 0. The minimum absolute atomic E-state index is 0.338. The number of nitrogens with zero attached hydrogens (tertiary/aromatic N) is 1. The highest BCUT2D eigenvalue weighted by Gasteiger charge is 2.54. The Balaban J connectivity index is 0.000000431. The maximum Gasteiger partial charge on any atom is 0.0668 e. The summed E-state index contributed by atoms with van der Waals surface area (Å²) in [6.45, 7) is 4.00. The maximum atomic E-state index is 4.45. The van der Waals surface area contributed by atoms with Crippen LogP contribution in [-0.4, -0.2) is 4.98 Å². The van der Waals surface area contributed by atoms with Gasteiger partial charge in [0.2, 0.25) is 0 Å². The Labute approximate surface area is 102 Å². The average Bonchev–Trinajstić information content (AvgIpc) is 3.10. The molecule has 1 aromatic rings. The van der Waals surface area contributed by atoms with Crippen molar-refractivity contribution in [2.24, 2.45) is 11.3 Å². The van der Waals surface area contributed by atoms with E-state index >= 15 is 0 Å². The molecule has 1 aromatic heterocycles. The third-order valence-electron chi connectivity index (χ3n) is 3.82. The van der Waals surface area contributed by atoms with Crippen molar-refractivity contribution in [3.05, 3.63) is 53.2 Å². The van der Waals surface area contributed by atoms with E-state index in [9.17, 15) is 0 Å². The molecule has 1 fully saturated rings. The van der Waals surface area contributed by atoms with Gasteiger partial charge in [-0.05, 0) is 24.0 Å². The highest BCUT2D eigenvalue weighted by Crippen LogP contribution is 2.62. The van der Waals surface area contributed by atoms with Gasteiger partial charge in [0.25, 0.3) is 0 Å². The van der Waals surface area contributed by atoms with Crippen molar-refractivity contribution in [2.75, 3.05) is 0 Å². The van der Waals surface area contributed by atoms with Gasteiger partial charge in [0.05, 0.1) is 5.35 Å². The first-order valence-corrected chi connectivity index (χ1v) is 6.44.